The van der Waals surface area contributed by atoms with E-state index in [-0.39, 0.29) is 5.57 Å². The Morgan fingerprint density at radius 3 is 3.00 bits per heavy atom. The highest BCUT2D eigenvalue weighted by atomic mass is 32.1. The molecule has 6 heteroatoms. The molecule has 0 aliphatic carbocycles. The Bertz CT molecular complexity index is 678. The monoisotopic (exact) mass is 287 g/mol. The second kappa shape index (κ2) is 6.17. The van der Waals surface area contributed by atoms with Gasteiger partial charge in [-0.3, -0.25) is 10.1 Å². The number of anilines is 1. The molecule has 0 aliphatic heterocycles. The van der Waals surface area contributed by atoms with Crippen LogP contribution in [0.1, 0.15) is 23.3 Å². The van der Waals surface area contributed by atoms with Crippen molar-refractivity contribution >= 4 is 28.5 Å². The van der Waals surface area contributed by atoms with Gasteiger partial charge in [0.25, 0.3) is 5.91 Å². The van der Waals surface area contributed by atoms with E-state index in [9.17, 15) is 4.79 Å². The first-order chi connectivity index (χ1) is 9.63. The lowest BCUT2D eigenvalue weighted by Crippen LogP contribution is -2.13. The maximum absolute atomic E-state index is 12.0. The molecule has 0 saturated heterocycles. The summed E-state index contributed by atoms with van der Waals surface area (Å²) in [6.07, 6.45) is 3.69. The average molecular weight is 287 g/mol. The Morgan fingerprint density at radius 2 is 2.45 bits per heavy atom. The van der Waals surface area contributed by atoms with Crippen LogP contribution in [0.4, 0.5) is 5.13 Å². The molecule has 0 bridgehead atoms. The molecule has 1 N–H and O–H groups in total. The van der Waals surface area contributed by atoms with E-state index in [0.717, 1.165) is 17.0 Å². The highest BCUT2D eigenvalue weighted by molar-refractivity contribution is 7.15. The van der Waals surface area contributed by atoms with E-state index in [1.165, 1.54) is 23.7 Å². The van der Waals surface area contributed by atoms with E-state index in [2.05, 4.69) is 10.3 Å². The first-order valence-electron chi connectivity index (χ1n) is 6.07. The van der Waals surface area contributed by atoms with Gasteiger partial charge in [0.2, 0.25) is 0 Å². The first-order valence-corrected chi connectivity index (χ1v) is 6.88. The third kappa shape index (κ3) is 3.13. The van der Waals surface area contributed by atoms with Crippen LogP contribution in [0.15, 0.2) is 28.4 Å². The molecule has 0 radical (unpaired) electrons. The number of carbonyl (C=O) groups is 1. The van der Waals surface area contributed by atoms with E-state index >= 15 is 0 Å². The molecule has 20 heavy (non-hydrogen) atoms. The number of furan rings is 1. The third-order valence-electron chi connectivity index (χ3n) is 2.64. The summed E-state index contributed by atoms with van der Waals surface area (Å²) in [6.45, 7) is 3.96. The molecule has 0 aromatic carbocycles. The van der Waals surface area contributed by atoms with Gasteiger partial charge in [-0.25, -0.2) is 4.98 Å². The van der Waals surface area contributed by atoms with Crippen LogP contribution < -0.4 is 5.32 Å². The summed E-state index contributed by atoms with van der Waals surface area (Å²) in [4.78, 5) is 17.4. The lowest BCUT2D eigenvalue weighted by Gasteiger charge is -1.98. The predicted molar refractivity (Wildman–Crippen MR) is 77.2 cm³/mol. The first kappa shape index (κ1) is 14.0. The van der Waals surface area contributed by atoms with Crippen molar-refractivity contribution in [3.05, 3.63) is 40.3 Å². The number of nitrogens with zero attached hydrogens (tertiary/aromatic N) is 2. The maximum atomic E-state index is 12.0. The van der Waals surface area contributed by atoms with Gasteiger partial charge in [-0.15, -0.1) is 11.3 Å². The molecule has 0 fully saturated rings. The molecule has 2 rings (SSSR count). The summed E-state index contributed by atoms with van der Waals surface area (Å²) in [7, 11) is 0. The van der Waals surface area contributed by atoms with Crippen LogP contribution >= 0.6 is 11.3 Å². The predicted octanol–water partition coefficient (Wildman–Crippen LogP) is 3.15. The Labute approximate surface area is 120 Å². The Hall–Kier alpha value is -2.39. The van der Waals surface area contributed by atoms with E-state index < -0.39 is 5.91 Å². The van der Waals surface area contributed by atoms with Crippen molar-refractivity contribution in [2.75, 3.05) is 5.32 Å². The number of aryl methyl sites for hydroxylation is 2. The standard InChI is InChI=1S/C14H13N3O2S/c1-3-12-9(2)20-14(16-12)17-13(18)10(8-15)7-11-5-4-6-19-11/h4-7H,3H2,1-2H3,(H,16,17,18)/b10-7-. The molecule has 2 aromatic rings. The molecule has 0 saturated carbocycles. The van der Waals surface area contributed by atoms with Crippen LogP contribution in [0.25, 0.3) is 6.08 Å². The fourth-order valence-corrected chi connectivity index (χ4v) is 2.54. The van der Waals surface area contributed by atoms with E-state index in [1.54, 1.807) is 12.1 Å². The van der Waals surface area contributed by atoms with Gasteiger partial charge < -0.3 is 4.42 Å². The Morgan fingerprint density at radius 1 is 1.65 bits per heavy atom. The number of nitriles is 1. The highest BCUT2D eigenvalue weighted by Gasteiger charge is 2.13. The van der Waals surface area contributed by atoms with Crippen LogP contribution in [0.5, 0.6) is 0 Å². The van der Waals surface area contributed by atoms with Gasteiger partial charge in [0.05, 0.1) is 12.0 Å². The molecule has 2 heterocycles. The maximum Gasteiger partial charge on any atom is 0.268 e. The van der Waals surface area contributed by atoms with Crippen molar-refractivity contribution in [3.8, 4) is 6.07 Å². The molecule has 0 unspecified atom stereocenters. The zero-order chi connectivity index (χ0) is 14.5. The normalized spacial score (nSPS) is 11.2. The van der Waals surface area contributed by atoms with Gasteiger partial charge >= 0.3 is 0 Å². The van der Waals surface area contributed by atoms with E-state index in [1.807, 2.05) is 19.9 Å². The second-order valence-electron chi connectivity index (χ2n) is 4.01. The van der Waals surface area contributed by atoms with E-state index in [0.29, 0.717) is 10.9 Å². The molecular formula is C14H13N3O2S. The largest absolute Gasteiger partial charge is 0.465 e. The molecule has 1 amide bonds. The van der Waals surface area contributed by atoms with Crippen molar-refractivity contribution in [1.29, 1.82) is 5.26 Å². The third-order valence-corrected chi connectivity index (χ3v) is 3.57. The SMILES string of the molecule is CCc1nc(NC(=O)/C(C#N)=C\c2ccco2)sc1C. The lowest BCUT2D eigenvalue weighted by atomic mass is 10.2. The summed E-state index contributed by atoms with van der Waals surface area (Å²) < 4.78 is 5.09. The summed E-state index contributed by atoms with van der Waals surface area (Å²) >= 11 is 1.40. The number of nitrogens with one attached hydrogen (secondary N) is 1. The quantitative estimate of drug-likeness (QED) is 0.692. The Kier molecular flexibility index (Phi) is 4.33. The number of hydrogen-bond donors (Lipinski definition) is 1. The molecule has 102 valence electrons. The average Bonchev–Trinajstić information content (AvgIpc) is 3.05. The summed E-state index contributed by atoms with van der Waals surface area (Å²) in [5.41, 5.74) is 0.935. The van der Waals surface area contributed by atoms with Crippen LogP contribution in [0.3, 0.4) is 0 Å². The summed E-state index contributed by atoms with van der Waals surface area (Å²) in [5.74, 6) is -0.0263. The van der Waals surface area contributed by atoms with Crippen molar-refractivity contribution in [1.82, 2.24) is 4.98 Å². The molecule has 0 aliphatic rings. The van der Waals surface area contributed by atoms with Crippen LogP contribution in [0, 0.1) is 18.3 Å². The minimum Gasteiger partial charge on any atom is -0.465 e. The summed E-state index contributed by atoms with van der Waals surface area (Å²) in [5, 5.41) is 12.2. The highest BCUT2D eigenvalue weighted by Crippen LogP contribution is 2.23. The molecule has 0 spiro atoms. The van der Waals surface area contributed by atoms with Gasteiger partial charge in [0, 0.05) is 11.0 Å². The Balaban J connectivity index is 2.16. The minimum absolute atomic E-state index is 0.0224. The molecule has 5 nitrogen and oxygen atoms in total. The van der Waals surface area contributed by atoms with Crippen LogP contribution in [-0.2, 0) is 11.2 Å². The topological polar surface area (TPSA) is 78.9 Å². The number of aromatic nitrogens is 1. The van der Waals surface area contributed by atoms with E-state index in [4.69, 9.17) is 9.68 Å². The van der Waals surface area contributed by atoms with Gasteiger partial charge in [0.1, 0.15) is 17.4 Å². The van der Waals surface area contributed by atoms with Crippen molar-refractivity contribution in [3.63, 3.8) is 0 Å². The number of amides is 1. The van der Waals surface area contributed by atoms with Gasteiger partial charge in [-0.2, -0.15) is 5.26 Å². The van der Waals surface area contributed by atoms with Gasteiger partial charge in [-0.05, 0) is 25.5 Å². The summed E-state index contributed by atoms with van der Waals surface area (Å²) in [6, 6.07) is 5.23. The van der Waals surface area contributed by atoms with Crippen molar-refractivity contribution in [2.24, 2.45) is 0 Å². The van der Waals surface area contributed by atoms with Gasteiger partial charge in [-0.1, -0.05) is 6.92 Å². The smallest absolute Gasteiger partial charge is 0.268 e. The lowest BCUT2D eigenvalue weighted by molar-refractivity contribution is -0.112. The van der Waals surface area contributed by atoms with Crippen molar-refractivity contribution < 1.29 is 9.21 Å². The molecule has 0 atom stereocenters. The number of thiazole rings is 1. The number of rotatable bonds is 4. The number of carbonyl (C=O) groups excluding carboxylic acids is 1. The van der Waals surface area contributed by atoms with Crippen LogP contribution in [0.2, 0.25) is 0 Å². The fraction of sp³-hybridized carbons (Fsp3) is 0.214. The minimum atomic E-state index is -0.486. The zero-order valence-electron chi connectivity index (χ0n) is 11.1. The number of hydrogen-bond acceptors (Lipinski definition) is 5. The van der Waals surface area contributed by atoms with Crippen molar-refractivity contribution in [2.45, 2.75) is 20.3 Å². The molecular weight excluding hydrogens is 274 g/mol. The zero-order valence-corrected chi connectivity index (χ0v) is 12.0. The van der Waals surface area contributed by atoms with Crippen LogP contribution in [-0.4, -0.2) is 10.9 Å². The van der Waals surface area contributed by atoms with Gasteiger partial charge in [0.15, 0.2) is 5.13 Å². The fourth-order valence-electron chi connectivity index (χ4n) is 1.64. The molecule has 2 aromatic heterocycles. The second-order valence-corrected chi connectivity index (χ2v) is 5.22.